The number of methoxy groups -OCH3 is 1. The van der Waals surface area contributed by atoms with Crippen LogP contribution in [-0.2, 0) is 9.53 Å². The zero-order chi connectivity index (χ0) is 22.7. The SMILES string of the molecule is COC1CCC2CCCNC2C1N1CCCN(C(CC(N)=O)C2CSC(N(C)C)N2)CC1. The number of nitrogens with one attached hydrogen (secondary N) is 2. The van der Waals surface area contributed by atoms with Crippen LogP contribution in [0.2, 0.25) is 0 Å². The quantitative estimate of drug-likeness (QED) is 0.493. The van der Waals surface area contributed by atoms with Crippen LogP contribution in [0.5, 0.6) is 0 Å². The summed E-state index contributed by atoms with van der Waals surface area (Å²) in [4.78, 5) is 19.4. The molecule has 0 aromatic carbocycles. The van der Waals surface area contributed by atoms with E-state index in [4.69, 9.17) is 10.5 Å². The molecule has 0 spiro atoms. The van der Waals surface area contributed by atoms with Gasteiger partial charge in [0.15, 0.2) is 0 Å². The summed E-state index contributed by atoms with van der Waals surface area (Å²) in [5, 5.41) is 7.60. The molecule has 0 aromatic heterocycles. The lowest BCUT2D eigenvalue weighted by molar-refractivity contribution is -0.119. The van der Waals surface area contributed by atoms with Crippen molar-refractivity contribution in [3.8, 4) is 0 Å². The van der Waals surface area contributed by atoms with E-state index in [1.165, 1.54) is 25.7 Å². The number of nitrogens with zero attached hydrogens (tertiary/aromatic N) is 3. The Labute approximate surface area is 198 Å². The molecular weight excluding hydrogens is 424 g/mol. The number of primary amides is 1. The van der Waals surface area contributed by atoms with Gasteiger partial charge in [-0.1, -0.05) is 0 Å². The van der Waals surface area contributed by atoms with Gasteiger partial charge in [0, 0.05) is 50.5 Å². The zero-order valence-corrected chi connectivity index (χ0v) is 21.0. The minimum absolute atomic E-state index is 0.162. The summed E-state index contributed by atoms with van der Waals surface area (Å²) in [6.45, 7) is 5.27. The lowest BCUT2D eigenvalue weighted by atomic mass is 9.74. The Morgan fingerprint density at radius 1 is 1.19 bits per heavy atom. The van der Waals surface area contributed by atoms with Gasteiger partial charge in [-0.05, 0) is 71.8 Å². The highest BCUT2D eigenvalue weighted by molar-refractivity contribution is 8.00. The van der Waals surface area contributed by atoms with E-state index in [1.54, 1.807) is 0 Å². The number of hydrogen-bond acceptors (Lipinski definition) is 8. The number of nitrogens with two attached hydrogens (primary N) is 1. The average Bonchev–Trinajstić information content (AvgIpc) is 3.16. The second kappa shape index (κ2) is 11.3. The highest BCUT2D eigenvalue weighted by atomic mass is 32.2. The van der Waals surface area contributed by atoms with Crippen LogP contribution in [0.3, 0.4) is 0 Å². The second-order valence-electron chi connectivity index (χ2n) is 10.3. The molecule has 1 amide bonds. The summed E-state index contributed by atoms with van der Waals surface area (Å²) >= 11 is 1.92. The van der Waals surface area contributed by atoms with E-state index >= 15 is 0 Å². The first-order valence-corrected chi connectivity index (χ1v) is 13.6. The lowest BCUT2D eigenvalue weighted by Gasteiger charge is -2.49. The van der Waals surface area contributed by atoms with Crippen LogP contribution in [0.4, 0.5) is 0 Å². The largest absolute Gasteiger partial charge is 0.380 e. The van der Waals surface area contributed by atoms with Gasteiger partial charge in [0.25, 0.3) is 0 Å². The molecule has 4 fully saturated rings. The summed E-state index contributed by atoms with van der Waals surface area (Å²) < 4.78 is 6.02. The molecular formula is C23H44N6O2S. The fraction of sp³-hybridized carbons (Fsp3) is 0.957. The summed E-state index contributed by atoms with van der Waals surface area (Å²) in [7, 11) is 6.09. The molecule has 3 saturated heterocycles. The van der Waals surface area contributed by atoms with E-state index in [0.717, 1.165) is 50.8 Å². The van der Waals surface area contributed by atoms with Gasteiger partial charge in [0.2, 0.25) is 5.91 Å². The maximum absolute atomic E-state index is 12.0. The van der Waals surface area contributed by atoms with E-state index in [1.807, 2.05) is 18.9 Å². The van der Waals surface area contributed by atoms with Gasteiger partial charge >= 0.3 is 0 Å². The topological polar surface area (TPSA) is 86.1 Å². The number of fused-ring (bicyclic) bond motifs is 1. The third kappa shape index (κ3) is 5.62. The van der Waals surface area contributed by atoms with Gasteiger partial charge < -0.3 is 15.8 Å². The molecule has 4 N–H and O–H groups in total. The molecule has 32 heavy (non-hydrogen) atoms. The Hall–Kier alpha value is -0.420. The van der Waals surface area contributed by atoms with Crippen molar-refractivity contribution in [2.45, 2.75) is 74.3 Å². The minimum atomic E-state index is -0.197. The minimum Gasteiger partial charge on any atom is -0.380 e. The molecule has 0 radical (unpaired) electrons. The number of amides is 1. The predicted octanol–water partition coefficient (Wildman–Crippen LogP) is 0.334. The maximum atomic E-state index is 12.0. The normalized spacial score (nSPS) is 38.4. The van der Waals surface area contributed by atoms with Crippen molar-refractivity contribution in [1.82, 2.24) is 25.3 Å². The van der Waals surface area contributed by atoms with Crippen LogP contribution >= 0.6 is 11.8 Å². The molecule has 0 bridgehead atoms. The highest BCUT2D eigenvalue weighted by Gasteiger charge is 2.44. The smallest absolute Gasteiger partial charge is 0.219 e. The van der Waals surface area contributed by atoms with Crippen molar-refractivity contribution in [1.29, 1.82) is 0 Å². The van der Waals surface area contributed by atoms with E-state index in [2.05, 4.69) is 39.4 Å². The standard InChI is InChI=1S/C23H44N6O2S/c1-27(2)23-26-17(15-32-23)18(14-20(24)30)28-10-5-11-29(13-12-28)22-19(31-3)8-7-16-6-4-9-25-21(16)22/h16-19,21-23,25-26H,4-15H2,1-3H3,(H2,24,30). The molecule has 1 aliphatic carbocycles. The Balaban J connectivity index is 1.44. The van der Waals surface area contributed by atoms with Crippen molar-refractivity contribution in [2.75, 3.05) is 59.7 Å². The Kier molecular flexibility index (Phi) is 8.75. The van der Waals surface area contributed by atoms with Gasteiger partial charge in [-0.25, -0.2) is 0 Å². The Morgan fingerprint density at radius 2 is 2.03 bits per heavy atom. The summed E-state index contributed by atoms with van der Waals surface area (Å²) in [6.07, 6.45) is 6.96. The molecule has 7 unspecified atom stereocenters. The zero-order valence-electron chi connectivity index (χ0n) is 20.2. The lowest BCUT2D eigenvalue weighted by Crippen LogP contribution is -2.63. The monoisotopic (exact) mass is 468 g/mol. The van der Waals surface area contributed by atoms with Crippen molar-refractivity contribution in [3.05, 3.63) is 0 Å². The van der Waals surface area contributed by atoms with Crippen LogP contribution in [-0.4, -0.2) is 116 Å². The van der Waals surface area contributed by atoms with Crippen LogP contribution in [0.1, 0.15) is 38.5 Å². The predicted molar refractivity (Wildman–Crippen MR) is 131 cm³/mol. The summed E-state index contributed by atoms with van der Waals surface area (Å²) in [5.74, 6) is 1.60. The molecule has 4 rings (SSSR count). The summed E-state index contributed by atoms with van der Waals surface area (Å²) in [6, 6.07) is 1.45. The number of hydrogen-bond donors (Lipinski definition) is 3. The van der Waals surface area contributed by atoms with Crippen molar-refractivity contribution in [2.24, 2.45) is 11.7 Å². The van der Waals surface area contributed by atoms with Gasteiger partial charge in [0.1, 0.15) is 5.50 Å². The number of carbonyl (C=O) groups is 1. The van der Waals surface area contributed by atoms with Gasteiger partial charge in [-0.2, -0.15) is 0 Å². The van der Waals surface area contributed by atoms with Crippen LogP contribution in [0, 0.1) is 5.92 Å². The molecule has 184 valence electrons. The van der Waals surface area contributed by atoms with Gasteiger partial charge in [-0.3, -0.25) is 24.8 Å². The van der Waals surface area contributed by atoms with Crippen molar-refractivity contribution >= 4 is 17.7 Å². The Morgan fingerprint density at radius 3 is 2.75 bits per heavy atom. The third-order valence-corrected chi connectivity index (χ3v) is 9.53. The molecule has 0 aromatic rings. The number of rotatable bonds is 7. The van der Waals surface area contributed by atoms with Crippen LogP contribution in [0.25, 0.3) is 0 Å². The molecule has 3 aliphatic heterocycles. The maximum Gasteiger partial charge on any atom is 0.219 e. The average molecular weight is 469 g/mol. The third-order valence-electron chi connectivity index (χ3n) is 8.10. The van der Waals surface area contributed by atoms with E-state index in [0.29, 0.717) is 30.1 Å². The number of ether oxygens (including phenoxy) is 1. The first kappa shape index (κ1) is 24.7. The molecule has 8 nitrogen and oxygen atoms in total. The van der Waals surface area contributed by atoms with E-state index in [9.17, 15) is 4.79 Å². The summed E-state index contributed by atoms with van der Waals surface area (Å²) in [5.41, 5.74) is 6.01. The Bertz CT molecular complexity index is 625. The number of carbonyl (C=O) groups excluding carboxylic acids is 1. The molecule has 9 heteroatoms. The van der Waals surface area contributed by atoms with Crippen molar-refractivity contribution < 1.29 is 9.53 Å². The van der Waals surface area contributed by atoms with E-state index < -0.39 is 0 Å². The first-order valence-electron chi connectivity index (χ1n) is 12.5. The fourth-order valence-corrected chi connectivity index (χ4v) is 7.79. The van der Waals surface area contributed by atoms with Gasteiger partial charge in [0.05, 0.1) is 12.1 Å². The number of thioether (sulfide) groups is 1. The number of piperidine rings is 1. The molecule has 4 aliphatic rings. The van der Waals surface area contributed by atoms with E-state index in [-0.39, 0.29) is 18.0 Å². The van der Waals surface area contributed by atoms with Gasteiger partial charge in [-0.15, -0.1) is 11.8 Å². The fourth-order valence-electron chi connectivity index (χ4n) is 6.52. The molecule has 1 saturated carbocycles. The van der Waals surface area contributed by atoms with Crippen molar-refractivity contribution in [3.63, 3.8) is 0 Å². The first-order chi connectivity index (χ1) is 15.5. The molecule has 7 atom stereocenters. The van der Waals surface area contributed by atoms with Crippen LogP contribution in [0.15, 0.2) is 0 Å². The second-order valence-corrected chi connectivity index (χ2v) is 11.4. The molecule has 3 heterocycles. The van der Waals surface area contributed by atoms with Crippen LogP contribution < -0.4 is 16.4 Å². The highest BCUT2D eigenvalue weighted by Crippen LogP contribution is 2.35.